The number of benzene rings is 2. The number of hydrogen-bond acceptors (Lipinski definition) is 4. The lowest BCUT2D eigenvalue weighted by Gasteiger charge is -2.29. The van der Waals surface area contributed by atoms with Crippen molar-refractivity contribution in [2.45, 2.75) is 19.8 Å². The van der Waals surface area contributed by atoms with Gasteiger partial charge in [-0.25, -0.2) is 0 Å². The Hall–Kier alpha value is -2.24. The van der Waals surface area contributed by atoms with E-state index >= 15 is 0 Å². The second-order valence-corrected chi connectivity index (χ2v) is 7.23. The molecule has 144 valence electrons. The zero-order valence-corrected chi connectivity index (χ0v) is 16.5. The van der Waals surface area contributed by atoms with Gasteiger partial charge in [0.15, 0.2) is 6.61 Å². The van der Waals surface area contributed by atoms with Crippen LogP contribution in [0.2, 0.25) is 5.02 Å². The number of morpholine rings is 1. The monoisotopic (exact) mass is 388 g/mol. The highest BCUT2D eigenvalue weighted by Crippen LogP contribution is 2.29. The van der Waals surface area contributed by atoms with Crippen LogP contribution in [-0.2, 0) is 9.53 Å². The standard InChI is InChI=1S/C21H25ClN2O3/c1-15(2)16-3-6-18(7-4-16)27-14-21(25)23-17-5-8-20(19(22)13-17)24-9-11-26-12-10-24/h3-8,13,15H,9-12,14H2,1-2H3,(H,23,25). The van der Waals surface area contributed by atoms with E-state index in [1.165, 1.54) is 5.56 Å². The Morgan fingerprint density at radius 3 is 2.52 bits per heavy atom. The Labute approximate surface area is 165 Å². The van der Waals surface area contributed by atoms with E-state index in [4.69, 9.17) is 21.1 Å². The molecule has 0 spiro atoms. The zero-order chi connectivity index (χ0) is 19.2. The van der Waals surface area contributed by atoms with Crippen LogP contribution in [0.3, 0.4) is 0 Å². The first kappa shape index (κ1) is 19.5. The Kier molecular flexibility index (Phi) is 6.58. The van der Waals surface area contributed by atoms with Gasteiger partial charge in [-0.1, -0.05) is 37.6 Å². The van der Waals surface area contributed by atoms with Gasteiger partial charge in [-0.2, -0.15) is 0 Å². The molecule has 1 amide bonds. The summed E-state index contributed by atoms with van der Waals surface area (Å²) in [5.41, 5.74) is 2.85. The molecule has 0 aliphatic carbocycles. The van der Waals surface area contributed by atoms with Crippen molar-refractivity contribution in [3.63, 3.8) is 0 Å². The number of nitrogens with zero attached hydrogens (tertiary/aromatic N) is 1. The minimum absolute atomic E-state index is 0.0517. The molecule has 0 aromatic heterocycles. The summed E-state index contributed by atoms with van der Waals surface area (Å²) in [5, 5.41) is 3.43. The summed E-state index contributed by atoms with van der Waals surface area (Å²) in [7, 11) is 0. The summed E-state index contributed by atoms with van der Waals surface area (Å²) in [5.74, 6) is 0.918. The molecule has 1 aliphatic rings. The average Bonchev–Trinajstić information content (AvgIpc) is 2.67. The topological polar surface area (TPSA) is 50.8 Å². The molecular weight excluding hydrogens is 364 g/mol. The molecule has 0 saturated carbocycles. The molecule has 1 aliphatic heterocycles. The molecule has 3 rings (SSSR count). The van der Waals surface area contributed by atoms with Gasteiger partial charge < -0.3 is 19.7 Å². The maximum atomic E-state index is 12.2. The minimum atomic E-state index is -0.224. The molecule has 2 aromatic carbocycles. The summed E-state index contributed by atoms with van der Waals surface area (Å²) >= 11 is 6.39. The number of ether oxygens (including phenoxy) is 2. The highest BCUT2D eigenvalue weighted by Gasteiger charge is 2.15. The van der Waals surface area contributed by atoms with Crippen LogP contribution in [-0.4, -0.2) is 38.8 Å². The maximum Gasteiger partial charge on any atom is 0.262 e. The van der Waals surface area contributed by atoms with Crippen LogP contribution in [0, 0.1) is 0 Å². The molecule has 6 heteroatoms. The predicted molar refractivity (Wildman–Crippen MR) is 109 cm³/mol. The van der Waals surface area contributed by atoms with Crippen LogP contribution in [0.4, 0.5) is 11.4 Å². The number of amides is 1. The third-order valence-electron chi connectivity index (χ3n) is 4.50. The van der Waals surface area contributed by atoms with Gasteiger partial charge >= 0.3 is 0 Å². The van der Waals surface area contributed by atoms with Crippen LogP contribution >= 0.6 is 11.6 Å². The highest BCUT2D eigenvalue weighted by molar-refractivity contribution is 6.33. The Morgan fingerprint density at radius 1 is 1.19 bits per heavy atom. The minimum Gasteiger partial charge on any atom is -0.484 e. The highest BCUT2D eigenvalue weighted by atomic mass is 35.5. The normalized spacial score (nSPS) is 14.3. The fourth-order valence-electron chi connectivity index (χ4n) is 2.94. The van der Waals surface area contributed by atoms with Gasteiger partial charge in [-0.3, -0.25) is 4.79 Å². The number of nitrogens with one attached hydrogen (secondary N) is 1. The van der Waals surface area contributed by atoms with E-state index in [-0.39, 0.29) is 12.5 Å². The molecule has 1 heterocycles. The molecule has 0 radical (unpaired) electrons. The SMILES string of the molecule is CC(C)c1ccc(OCC(=O)Nc2ccc(N3CCOCC3)c(Cl)c2)cc1. The second-order valence-electron chi connectivity index (χ2n) is 6.83. The number of halogens is 1. The van der Waals surface area contributed by atoms with E-state index < -0.39 is 0 Å². The summed E-state index contributed by atoms with van der Waals surface area (Å²) in [4.78, 5) is 14.3. The van der Waals surface area contributed by atoms with E-state index in [0.717, 1.165) is 18.8 Å². The van der Waals surface area contributed by atoms with Crippen molar-refractivity contribution >= 4 is 28.9 Å². The van der Waals surface area contributed by atoms with E-state index in [1.807, 2.05) is 36.4 Å². The third-order valence-corrected chi connectivity index (χ3v) is 4.80. The molecule has 27 heavy (non-hydrogen) atoms. The Bertz CT molecular complexity index is 771. The van der Waals surface area contributed by atoms with Crippen molar-refractivity contribution in [2.75, 3.05) is 43.1 Å². The lowest BCUT2D eigenvalue weighted by molar-refractivity contribution is -0.118. The summed E-state index contributed by atoms with van der Waals surface area (Å²) < 4.78 is 10.9. The molecule has 1 fully saturated rings. The van der Waals surface area contributed by atoms with Crippen molar-refractivity contribution in [3.8, 4) is 5.75 Å². The Morgan fingerprint density at radius 2 is 1.89 bits per heavy atom. The van der Waals surface area contributed by atoms with E-state index in [2.05, 4.69) is 24.1 Å². The van der Waals surface area contributed by atoms with Gasteiger partial charge in [0, 0.05) is 18.8 Å². The van der Waals surface area contributed by atoms with Crippen LogP contribution in [0.5, 0.6) is 5.75 Å². The summed E-state index contributed by atoms with van der Waals surface area (Å²) in [6, 6.07) is 13.3. The molecule has 0 atom stereocenters. The first-order valence-corrected chi connectivity index (χ1v) is 9.55. The summed E-state index contributed by atoms with van der Waals surface area (Å²) in [6.45, 7) is 7.25. The van der Waals surface area contributed by atoms with Gasteiger partial charge in [0.2, 0.25) is 0 Å². The van der Waals surface area contributed by atoms with E-state index in [0.29, 0.717) is 35.6 Å². The molecule has 1 saturated heterocycles. The lowest BCUT2D eigenvalue weighted by atomic mass is 10.0. The van der Waals surface area contributed by atoms with Gasteiger partial charge in [-0.05, 0) is 41.8 Å². The first-order valence-electron chi connectivity index (χ1n) is 9.18. The molecule has 2 aromatic rings. The molecule has 0 unspecified atom stereocenters. The van der Waals surface area contributed by atoms with Crippen molar-refractivity contribution in [2.24, 2.45) is 0 Å². The Balaban J connectivity index is 1.53. The number of carbonyl (C=O) groups excluding carboxylic acids is 1. The van der Waals surface area contributed by atoms with Gasteiger partial charge in [0.1, 0.15) is 5.75 Å². The predicted octanol–water partition coefficient (Wildman–Crippen LogP) is 4.32. The first-order chi connectivity index (χ1) is 13.0. The van der Waals surface area contributed by atoms with Crippen LogP contribution in [0.1, 0.15) is 25.3 Å². The average molecular weight is 389 g/mol. The van der Waals surface area contributed by atoms with Gasteiger partial charge in [0.05, 0.1) is 23.9 Å². The quantitative estimate of drug-likeness (QED) is 0.800. The van der Waals surface area contributed by atoms with Gasteiger partial charge in [0.25, 0.3) is 5.91 Å². The van der Waals surface area contributed by atoms with E-state index in [9.17, 15) is 4.79 Å². The van der Waals surface area contributed by atoms with Crippen molar-refractivity contribution in [1.29, 1.82) is 0 Å². The fourth-order valence-corrected chi connectivity index (χ4v) is 3.24. The summed E-state index contributed by atoms with van der Waals surface area (Å²) in [6.07, 6.45) is 0. The number of anilines is 2. The molecular formula is C21H25ClN2O3. The number of hydrogen-bond donors (Lipinski definition) is 1. The lowest BCUT2D eigenvalue weighted by Crippen LogP contribution is -2.36. The third kappa shape index (κ3) is 5.37. The van der Waals surface area contributed by atoms with Crippen molar-refractivity contribution in [3.05, 3.63) is 53.1 Å². The maximum absolute atomic E-state index is 12.2. The van der Waals surface area contributed by atoms with Crippen molar-refractivity contribution in [1.82, 2.24) is 0 Å². The zero-order valence-electron chi connectivity index (χ0n) is 15.7. The largest absolute Gasteiger partial charge is 0.484 e. The molecule has 5 nitrogen and oxygen atoms in total. The van der Waals surface area contributed by atoms with Crippen LogP contribution in [0.15, 0.2) is 42.5 Å². The van der Waals surface area contributed by atoms with E-state index in [1.54, 1.807) is 6.07 Å². The molecule has 0 bridgehead atoms. The fraction of sp³-hybridized carbons (Fsp3) is 0.381. The number of carbonyl (C=O) groups is 1. The van der Waals surface area contributed by atoms with Crippen LogP contribution in [0.25, 0.3) is 0 Å². The van der Waals surface area contributed by atoms with Crippen LogP contribution < -0.4 is 15.0 Å². The second kappa shape index (κ2) is 9.11. The van der Waals surface area contributed by atoms with Gasteiger partial charge in [-0.15, -0.1) is 0 Å². The molecule has 1 N–H and O–H groups in total. The smallest absolute Gasteiger partial charge is 0.262 e. The number of rotatable bonds is 6. The van der Waals surface area contributed by atoms with Crippen molar-refractivity contribution < 1.29 is 14.3 Å².